The van der Waals surface area contributed by atoms with Gasteiger partial charge in [-0.15, -0.1) is 0 Å². The number of hydrogen-bond acceptors (Lipinski definition) is 4. The normalized spacial score (nSPS) is 19.9. The van der Waals surface area contributed by atoms with Crippen molar-refractivity contribution < 1.29 is 13.9 Å². The zero-order valence-electron chi connectivity index (χ0n) is 19.6. The molecule has 174 valence electrons. The van der Waals surface area contributed by atoms with Gasteiger partial charge in [0.15, 0.2) is 0 Å². The van der Waals surface area contributed by atoms with Gasteiger partial charge < -0.3 is 20.4 Å². The predicted molar refractivity (Wildman–Crippen MR) is 133 cm³/mol. The predicted octanol–water partition coefficient (Wildman–Crippen LogP) is 6.53. The van der Waals surface area contributed by atoms with E-state index in [4.69, 9.17) is 10.1 Å². The van der Waals surface area contributed by atoms with E-state index < -0.39 is 0 Å². The number of hydrogen-bond donors (Lipinski definition) is 2. The fourth-order valence-corrected chi connectivity index (χ4v) is 4.55. The summed E-state index contributed by atoms with van der Waals surface area (Å²) in [6.45, 7) is 6.10. The number of amides is 1. The Morgan fingerprint density at radius 3 is 2.56 bits per heavy atom. The number of benzene rings is 3. The molecule has 0 saturated heterocycles. The maximum atomic E-state index is 13.4. The Labute approximate surface area is 199 Å². The molecule has 1 fully saturated rings. The fraction of sp³-hybridized carbons (Fsp3) is 0.286. The summed E-state index contributed by atoms with van der Waals surface area (Å²) in [5.74, 6) is 0.487. The lowest BCUT2D eigenvalue weighted by Gasteiger charge is -2.28. The van der Waals surface area contributed by atoms with E-state index in [9.17, 15) is 9.18 Å². The minimum atomic E-state index is -0.309. The van der Waals surface area contributed by atoms with Crippen molar-refractivity contribution in [1.29, 1.82) is 5.41 Å². The first-order valence-corrected chi connectivity index (χ1v) is 11.6. The second-order valence-electron chi connectivity index (χ2n) is 9.60. The van der Waals surface area contributed by atoms with Crippen LogP contribution in [-0.2, 0) is 4.79 Å². The molecule has 5 nitrogen and oxygen atoms in total. The summed E-state index contributed by atoms with van der Waals surface area (Å²) < 4.78 is 19.7. The Hall–Kier alpha value is -3.67. The standard InChI is InChI=1S/C28H28FN3O2/c1-17-4-10-23-25(14-17)32(27(33)28(3)12-13-28)18(2)26(23)34-22-9-11-24(19(15-22)16-30)31-21-7-5-20(29)6-8-21/h4-11,14-16,18,26,30-31H,12-13H2,1-3H3/t18-,26-/m0/s1. The molecule has 6 heteroatoms. The van der Waals surface area contributed by atoms with Gasteiger partial charge >= 0.3 is 0 Å². The SMILES string of the molecule is Cc1ccc2c(c1)N(C(=O)C1(C)CC1)[C@@H](C)[C@@H]2Oc1ccc(Nc2ccc(F)cc2)c(C=N)c1. The lowest BCUT2D eigenvalue weighted by atomic mass is 10.1. The number of fused-ring (bicyclic) bond motifs is 1. The summed E-state index contributed by atoms with van der Waals surface area (Å²) in [7, 11) is 0. The lowest BCUT2D eigenvalue weighted by Crippen LogP contribution is -2.42. The average molecular weight is 458 g/mol. The second-order valence-corrected chi connectivity index (χ2v) is 9.60. The number of nitrogens with one attached hydrogen (secondary N) is 2. The van der Waals surface area contributed by atoms with Crippen LogP contribution >= 0.6 is 0 Å². The number of carbonyl (C=O) groups is 1. The van der Waals surface area contributed by atoms with Crippen molar-refractivity contribution in [2.75, 3.05) is 10.2 Å². The topological polar surface area (TPSA) is 65.4 Å². The smallest absolute Gasteiger partial charge is 0.233 e. The Morgan fingerprint density at radius 2 is 1.88 bits per heavy atom. The summed E-state index contributed by atoms with van der Waals surface area (Å²) in [6, 6.07) is 17.6. The van der Waals surface area contributed by atoms with E-state index in [2.05, 4.69) is 17.4 Å². The molecule has 0 bridgehead atoms. The maximum Gasteiger partial charge on any atom is 0.233 e. The molecule has 2 atom stereocenters. The number of ether oxygens (including phenoxy) is 1. The first-order valence-electron chi connectivity index (χ1n) is 11.6. The van der Waals surface area contributed by atoms with Crippen LogP contribution in [0.3, 0.4) is 0 Å². The van der Waals surface area contributed by atoms with Crippen molar-refractivity contribution >= 4 is 29.2 Å². The maximum absolute atomic E-state index is 13.4. The molecule has 1 aliphatic heterocycles. The molecule has 0 unspecified atom stereocenters. The van der Waals surface area contributed by atoms with Crippen LogP contribution in [0.25, 0.3) is 0 Å². The number of anilines is 3. The molecule has 1 heterocycles. The van der Waals surface area contributed by atoms with Gasteiger partial charge in [0, 0.05) is 34.1 Å². The van der Waals surface area contributed by atoms with Gasteiger partial charge in [0.25, 0.3) is 0 Å². The van der Waals surface area contributed by atoms with Crippen LogP contribution in [0.5, 0.6) is 5.75 Å². The monoisotopic (exact) mass is 457 g/mol. The van der Waals surface area contributed by atoms with Gasteiger partial charge in [-0.1, -0.05) is 19.1 Å². The largest absolute Gasteiger partial charge is 0.483 e. The van der Waals surface area contributed by atoms with E-state index in [0.717, 1.165) is 41.0 Å². The molecule has 2 aliphatic rings. The van der Waals surface area contributed by atoms with E-state index >= 15 is 0 Å². The number of carbonyl (C=O) groups excluding carboxylic acids is 1. The van der Waals surface area contributed by atoms with Crippen molar-refractivity contribution in [3.8, 4) is 5.75 Å². The number of rotatable bonds is 6. The highest BCUT2D eigenvalue weighted by atomic mass is 19.1. The van der Waals surface area contributed by atoms with Crippen LogP contribution in [0.1, 0.15) is 49.5 Å². The fourth-order valence-electron chi connectivity index (χ4n) is 4.55. The van der Waals surface area contributed by atoms with Gasteiger partial charge in [0.1, 0.15) is 17.7 Å². The van der Waals surface area contributed by atoms with Crippen LogP contribution in [-0.4, -0.2) is 18.2 Å². The van der Waals surface area contributed by atoms with E-state index in [1.54, 1.807) is 12.1 Å². The Balaban J connectivity index is 1.43. The molecule has 34 heavy (non-hydrogen) atoms. The Kier molecular flexibility index (Phi) is 5.39. The van der Waals surface area contributed by atoms with Crippen molar-refractivity contribution in [3.05, 3.63) is 83.2 Å². The molecule has 1 amide bonds. The van der Waals surface area contributed by atoms with Crippen LogP contribution in [0.4, 0.5) is 21.5 Å². The highest BCUT2D eigenvalue weighted by Gasteiger charge is 2.52. The summed E-state index contributed by atoms with van der Waals surface area (Å²) in [5, 5.41) is 11.1. The first-order chi connectivity index (χ1) is 16.3. The average Bonchev–Trinajstić information content (AvgIpc) is 3.52. The van der Waals surface area contributed by atoms with Gasteiger partial charge in [-0.05, 0) is 80.8 Å². The minimum absolute atomic E-state index is 0.151. The summed E-state index contributed by atoms with van der Waals surface area (Å²) in [4.78, 5) is 15.3. The first kappa shape index (κ1) is 22.1. The molecule has 3 aromatic carbocycles. The Bertz CT molecular complexity index is 1270. The van der Waals surface area contributed by atoms with Crippen molar-refractivity contribution in [1.82, 2.24) is 0 Å². The van der Waals surface area contributed by atoms with E-state index in [0.29, 0.717) is 11.3 Å². The minimum Gasteiger partial charge on any atom is -0.483 e. The number of halogens is 1. The van der Waals surface area contributed by atoms with Gasteiger partial charge in [-0.25, -0.2) is 4.39 Å². The highest BCUT2D eigenvalue weighted by molar-refractivity contribution is 6.01. The quantitative estimate of drug-likeness (QED) is 0.414. The van der Waals surface area contributed by atoms with Crippen LogP contribution < -0.4 is 15.0 Å². The molecule has 1 aliphatic carbocycles. The third-order valence-corrected chi connectivity index (χ3v) is 6.90. The molecule has 5 rings (SSSR count). The number of nitrogens with zero attached hydrogens (tertiary/aromatic N) is 1. The molecule has 0 spiro atoms. The molecule has 3 aromatic rings. The summed E-state index contributed by atoms with van der Waals surface area (Å²) in [6.07, 6.45) is 2.80. The molecule has 0 aromatic heterocycles. The van der Waals surface area contributed by atoms with Gasteiger partial charge in [-0.3, -0.25) is 4.79 Å². The third kappa shape index (κ3) is 3.94. The van der Waals surface area contributed by atoms with Crippen molar-refractivity contribution in [2.45, 2.75) is 45.8 Å². The van der Waals surface area contributed by atoms with E-state index in [-0.39, 0.29) is 29.3 Å². The molecular weight excluding hydrogens is 429 g/mol. The number of aryl methyl sites for hydroxylation is 1. The third-order valence-electron chi connectivity index (χ3n) is 6.90. The second kappa shape index (κ2) is 8.28. The Morgan fingerprint density at radius 1 is 1.15 bits per heavy atom. The van der Waals surface area contributed by atoms with Gasteiger partial charge in [0.2, 0.25) is 5.91 Å². The molecule has 0 radical (unpaired) electrons. The van der Waals surface area contributed by atoms with Crippen LogP contribution in [0, 0.1) is 23.6 Å². The zero-order chi connectivity index (χ0) is 24.0. The summed E-state index contributed by atoms with van der Waals surface area (Å²) in [5.41, 5.74) is 4.86. The zero-order valence-corrected chi connectivity index (χ0v) is 19.6. The summed E-state index contributed by atoms with van der Waals surface area (Å²) >= 11 is 0. The lowest BCUT2D eigenvalue weighted by molar-refractivity contribution is -0.123. The molecule has 1 saturated carbocycles. The van der Waals surface area contributed by atoms with E-state index in [1.165, 1.54) is 18.3 Å². The van der Waals surface area contributed by atoms with Crippen molar-refractivity contribution in [2.24, 2.45) is 5.41 Å². The van der Waals surface area contributed by atoms with Gasteiger partial charge in [0.05, 0.1) is 11.7 Å². The van der Waals surface area contributed by atoms with Crippen LogP contribution in [0.2, 0.25) is 0 Å². The van der Waals surface area contributed by atoms with E-state index in [1.807, 2.05) is 49.9 Å². The molecule has 2 N–H and O–H groups in total. The molecular formula is C28H28FN3O2. The van der Waals surface area contributed by atoms with Crippen LogP contribution in [0.15, 0.2) is 60.7 Å². The van der Waals surface area contributed by atoms with Gasteiger partial charge in [-0.2, -0.15) is 0 Å². The highest BCUT2D eigenvalue weighted by Crippen LogP contribution is 2.51. The van der Waals surface area contributed by atoms with Crippen molar-refractivity contribution in [3.63, 3.8) is 0 Å².